The minimum Gasteiger partial charge on any atom is -0.454 e. The number of aliphatic hydroxyl groups excluding tert-OH is 1. The first-order valence-corrected chi connectivity index (χ1v) is 15.1. The Morgan fingerprint density at radius 3 is 2.57 bits per heavy atom. The van der Waals surface area contributed by atoms with E-state index in [0.29, 0.717) is 17.9 Å². The monoisotopic (exact) mass is 603 g/mol. The van der Waals surface area contributed by atoms with Crippen molar-refractivity contribution in [3.05, 3.63) is 54.1 Å². The lowest BCUT2D eigenvalue weighted by atomic mass is 9.88. The summed E-state index contributed by atoms with van der Waals surface area (Å²) in [6.45, 7) is 3.88. The van der Waals surface area contributed by atoms with E-state index in [9.17, 15) is 18.3 Å². The van der Waals surface area contributed by atoms with Crippen LogP contribution in [-0.4, -0.2) is 82.1 Å². The van der Waals surface area contributed by atoms with E-state index in [1.165, 1.54) is 22.5 Å². The largest absolute Gasteiger partial charge is 0.454 e. The lowest BCUT2D eigenvalue weighted by Crippen LogP contribution is -2.52. The normalized spacial score (nSPS) is 16.9. The maximum Gasteiger partial charge on any atom is 0.407 e. The zero-order chi connectivity index (χ0) is 30.2. The van der Waals surface area contributed by atoms with Crippen LogP contribution in [0.15, 0.2) is 53.4 Å². The van der Waals surface area contributed by atoms with E-state index in [1.54, 1.807) is 0 Å². The van der Waals surface area contributed by atoms with Gasteiger partial charge in [-0.3, -0.25) is 0 Å². The molecule has 12 nitrogen and oxygen atoms in total. The number of amides is 1. The van der Waals surface area contributed by atoms with Gasteiger partial charge in [0.2, 0.25) is 16.8 Å². The van der Waals surface area contributed by atoms with Crippen LogP contribution in [0.25, 0.3) is 0 Å². The predicted molar refractivity (Wildman–Crippen MR) is 150 cm³/mol. The van der Waals surface area contributed by atoms with Crippen LogP contribution in [0.2, 0.25) is 0 Å². The zero-order valence-corrected chi connectivity index (χ0v) is 24.5. The van der Waals surface area contributed by atoms with Crippen LogP contribution in [-0.2, 0) is 30.7 Å². The van der Waals surface area contributed by atoms with Crippen molar-refractivity contribution in [1.82, 2.24) is 9.62 Å². The lowest BCUT2D eigenvalue weighted by molar-refractivity contribution is -0.151. The summed E-state index contributed by atoms with van der Waals surface area (Å²) in [5, 5.41) is 23.4. The standard InChI is InChI=1S/C29H37N3O9S/c1-29(2,11-6-12-30)18-32(42(35,36)23-9-10-26-27(14-23)40-20-39-26)15-25(33)24(13-21-7-4-3-5-8-21)31-28(34)41-22-16-37-19-38-17-22/h3-5,7-10,14,22,24-25,33H,6,11,13,15-20H2,1-2H3,(H,31,34). The quantitative estimate of drug-likeness (QED) is 0.349. The fourth-order valence-corrected chi connectivity index (χ4v) is 6.41. The minimum atomic E-state index is -4.16. The summed E-state index contributed by atoms with van der Waals surface area (Å²) in [5.74, 6) is 0.747. The number of rotatable bonds is 13. The fraction of sp³-hybridized carbons (Fsp3) is 0.517. The van der Waals surface area contributed by atoms with Crippen molar-refractivity contribution in [2.75, 3.05) is 39.9 Å². The van der Waals surface area contributed by atoms with Crippen molar-refractivity contribution in [2.24, 2.45) is 5.41 Å². The maximum absolute atomic E-state index is 14.0. The predicted octanol–water partition coefficient (Wildman–Crippen LogP) is 2.81. The Morgan fingerprint density at radius 1 is 1.14 bits per heavy atom. The first kappa shape index (κ1) is 31.5. The van der Waals surface area contributed by atoms with Crippen LogP contribution < -0.4 is 14.8 Å². The van der Waals surface area contributed by atoms with E-state index in [1.807, 2.05) is 44.2 Å². The number of benzene rings is 2. The number of alkyl carbamates (subject to hydrolysis) is 1. The van der Waals surface area contributed by atoms with E-state index in [2.05, 4.69) is 11.4 Å². The van der Waals surface area contributed by atoms with E-state index >= 15 is 0 Å². The van der Waals surface area contributed by atoms with Crippen LogP contribution >= 0.6 is 0 Å². The van der Waals surface area contributed by atoms with Crippen LogP contribution in [0.5, 0.6) is 11.5 Å². The van der Waals surface area contributed by atoms with E-state index < -0.39 is 39.8 Å². The zero-order valence-electron chi connectivity index (χ0n) is 23.7. The molecule has 0 saturated carbocycles. The van der Waals surface area contributed by atoms with Crippen molar-refractivity contribution in [3.63, 3.8) is 0 Å². The smallest absolute Gasteiger partial charge is 0.407 e. The number of carbonyl (C=O) groups excluding carboxylic acids is 1. The number of nitriles is 1. The average molecular weight is 604 g/mol. The van der Waals surface area contributed by atoms with E-state index in [-0.39, 0.29) is 57.6 Å². The molecule has 13 heteroatoms. The highest BCUT2D eigenvalue weighted by Gasteiger charge is 2.36. The molecule has 0 spiro atoms. The van der Waals surface area contributed by atoms with Crippen molar-refractivity contribution in [1.29, 1.82) is 5.26 Å². The number of fused-ring (bicyclic) bond motifs is 1. The second kappa shape index (κ2) is 14.2. The Hall–Kier alpha value is -3.41. The number of hydrogen-bond acceptors (Lipinski definition) is 10. The van der Waals surface area contributed by atoms with Crippen LogP contribution in [0.3, 0.4) is 0 Å². The average Bonchev–Trinajstić information content (AvgIpc) is 3.44. The van der Waals surface area contributed by atoms with Crippen LogP contribution in [0.4, 0.5) is 4.79 Å². The van der Waals surface area contributed by atoms with Gasteiger partial charge in [0, 0.05) is 25.6 Å². The van der Waals surface area contributed by atoms with Gasteiger partial charge < -0.3 is 34.1 Å². The number of nitrogens with zero attached hydrogens (tertiary/aromatic N) is 2. The molecule has 2 aliphatic rings. The fourth-order valence-electron chi connectivity index (χ4n) is 4.74. The molecule has 228 valence electrons. The molecule has 2 atom stereocenters. The molecule has 2 N–H and O–H groups in total. The number of ether oxygens (including phenoxy) is 5. The number of carbonyl (C=O) groups is 1. The molecule has 1 amide bonds. The highest BCUT2D eigenvalue weighted by Crippen LogP contribution is 2.35. The Kier molecular flexibility index (Phi) is 10.6. The molecule has 2 heterocycles. The summed E-state index contributed by atoms with van der Waals surface area (Å²) < 4.78 is 55.7. The third kappa shape index (κ3) is 8.56. The van der Waals surface area contributed by atoms with Gasteiger partial charge in [0.15, 0.2) is 17.6 Å². The summed E-state index contributed by atoms with van der Waals surface area (Å²) in [6.07, 6.45) is -1.83. The second-order valence-electron chi connectivity index (χ2n) is 11.0. The molecule has 0 aromatic heterocycles. The third-order valence-corrected chi connectivity index (χ3v) is 8.81. The van der Waals surface area contributed by atoms with Gasteiger partial charge in [0.05, 0.1) is 36.3 Å². The summed E-state index contributed by atoms with van der Waals surface area (Å²) in [7, 11) is -4.16. The molecule has 0 radical (unpaired) electrons. The van der Waals surface area contributed by atoms with Gasteiger partial charge in [-0.25, -0.2) is 13.2 Å². The lowest BCUT2D eigenvalue weighted by Gasteiger charge is -2.35. The first-order chi connectivity index (χ1) is 20.1. The highest BCUT2D eigenvalue weighted by atomic mass is 32.2. The number of nitrogens with one attached hydrogen (secondary N) is 1. The van der Waals surface area contributed by atoms with Crippen LogP contribution in [0, 0.1) is 16.7 Å². The first-order valence-electron chi connectivity index (χ1n) is 13.7. The Labute approximate surface area is 246 Å². The topological polar surface area (TPSA) is 157 Å². The summed E-state index contributed by atoms with van der Waals surface area (Å²) in [5.41, 5.74) is 0.229. The minimum absolute atomic E-state index is 0.00943. The molecule has 2 aromatic carbocycles. The van der Waals surface area contributed by atoms with Gasteiger partial charge in [-0.05, 0) is 36.0 Å². The van der Waals surface area contributed by atoms with Gasteiger partial charge in [0.1, 0.15) is 6.79 Å². The molecule has 2 aliphatic heterocycles. The molecular weight excluding hydrogens is 566 g/mol. The molecule has 4 rings (SSSR count). The molecule has 1 saturated heterocycles. The van der Waals surface area contributed by atoms with Gasteiger partial charge in [-0.15, -0.1) is 0 Å². The number of sulfonamides is 1. The molecule has 1 fully saturated rings. The number of aliphatic hydroxyl groups is 1. The molecular formula is C29H37N3O9S. The summed E-state index contributed by atoms with van der Waals surface area (Å²) in [6, 6.07) is 14.8. The van der Waals surface area contributed by atoms with Crippen molar-refractivity contribution < 1.29 is 42.0 Å². The van der Waals surface area contributed by atoms with Crippen LogP contribution in [0.1, 0.15) is 32.3 Å². The van der Waals surface area contributed by atoms with E-state index in [4.69, 9.17) is 28.9 Å². The molecule has 2 aromatic rings. The Balaban J connectivity index is 1.59. The SMILES string of the molecule is CC(C)(CCC#N)CN(CC(O)C(Cc1ccccc1)NC(=O)OC1COCOC1)S(=O)(=O)c1ccc2c(c1)OCO2. The Bertz CT molecular complexity index is 1340. The highest BCUT2D eigenvalue weighted by molar-refractivity contribution is 7.89. The Morgan fingerprint density at radius 2 is 1.86 bits per heavy atom. The van der Waals surface area contributed by atoms with Crippen molar-refractivity contribution in [2.45, 2.75) is 56.3 Å². The number of hydrogen-bond donors (Lipinski definition) is 2. The third-order valence-electron chi connectivity index (χ3n) is 7.00. The maximum atomic E-state index is 14.0. The van der Waals surface area contributed by atoms with Gasteiger partial charge in [0.25, 0.3) is 0 Å². The van der Waals surface area contributed by atoms with Crippen molar-refractivity contribution in [3.8, 4) is 17.6 Å². The second-order valence-corrected chi connectivity index (χ2v) is 13.0. The van der Waals surface area contributed by atoms with Gasteiger partial charge in [-0.1, -0.05) is 44.2 Å². The van der Waals surface area contributed by atoms with E-state index in [0.717, 1.165) is 5.56 Å². The van der Waals surface area contributed by atoms with Gasteiger partial charge in [-0.2, -0.15) is 9.57 Å². The summed E-state index contributed by atoms with van der Waals surface area (Å²) >= 11 is 0. The summed E-state index contributed by atoms with van der Waals surface area (Å²) in [4.78, 5) is 12.8. The van der Waals surface area contributed by atoms with Gasteiger partial charge >= 0.3 is 6.09 Å². The van der Waals surface area contributed by atoms with Crippen molar-refractivity contribution >= 4 is 16.1 Å². The molecule has 2 unspecified atom stereocenters. The molecule has 42 heavy (non-hydrogen) atoms. The molecule has 0 bridgehead atoms. The molecule has 0 aliphatic carbocycles.